The van der Waals surface area contributed by atoms with Crippen LogP contribution in [0.5, 0.6) is 0 Å². The number of hydrogen-bond donors (Lipinski definition) is 0. The minimum absolute atomic E-state index is 0.701. The van der Waals surface area contributed by atoms with E-state index in [1.807, 2.05) is 0 Å². The van der Waals surface area contributed by atoms with E-state index in [1.165, 1.54) is 0 Å². The molecule has 0 saturated carbocycles. The molecule has 100 valence electrons. The van der Waals surface area contributed by atoms with E-state index in [0.717, 1.165) is 13.2 Å². The van der Waals surface area contributed by atoms with Crippen LogP contribution in [0.3, 0.4) is 0 Å². The zero-order valence-electron chi connectivity index (χ0n) is 8.89. The first-order valence-corrected chi connectivity index (χ1v) is 4.40. The largest absolute Gasteiger partial charge is 0.460 e. The van der Waals surface area contributed by atoms with Crippen LogP contribution in [0.15, 0.2) is 12.7 Å². The predicted octanol–water partition coefficient (Wildman–Crippen LogP) is 2.32. The Morgan fingerprint density at radius 1 is 1.35 bits per heavy atom. The highest BCUT2D eigenvalue weighted by molar-refractivity contribution is 5.81. The Morgan fingerprint density at radius 2 is 1.88 bits per heavy atom. The number of ether oxygens (including phenoxy) is 2. The lowest BCUT2D eigenvalue weighted by molar-refractivity contribution is -0.291. The third kappa shape index (κ3) is 5.12. The average molecular weight is 262 g/mol. The summed E-state index contributed by atoms with van der Waals surface area (Å²) in [6, 6.07) is 0. The molecule has 0 aliphatic heterocycles. The van der Waals surface area contributed by atoms with Gasteiger partial charge in [0.1, 0.15) is 6.61 Å². The Labute approximate surface area is 94.2 Å². The van der Waals surface area contributed by atoms with Gasteiger partial charge < -0.3 is 9.47 Å². The molecule has 0 rings (SSSR count). The second-order valence-electron chi connectivity index (χ2n) is 3.10. The quantitative estimate of drug-likeness (QED) is 0.418. The summed E-state index contributed by atoms with van der Waals surface area (Å²) in [5.74, 6) is -5.82. The zero-order valence-corrected chi connectivity index (χ0v) is 8.89. The molecule has 0 aliphatic carbocycles. The van der Waals surface area contributed by atoms with E-state index in [-0.39, 0.29) is 0 Å². The van der Waals surface area contributed by atoms with E-state index in [0.29, 0.717) is 0 Å². The number of alkyl halides is 5. The second-order valence-corrected chi connectivity index (χ2v) is 3.10. The molecule has 0 bridgehead atoms. The van der Waals surface area contributed by atoms with Gasteiger partial charge in [-0.15, -0.1) is 0 Å². The van der Waals surface area contributed by atoms with Crippen LogP contribution < -0.4 is 0 Å². The molecular weight excluding hydrogens is 251 g/mol. The molecule has 1 unspecified atom stereocenters. The van der Waals surface area contributed by atoms with Gasteiger partial charge in [0, 0.05) is 13.2 Å². The van der Waals surface area contributed by atoms with Gasteiger partial charge in [-0.25, -0.2) is 4.79 Å². The van der Waals surface area contributed by atoms with Crippen LogP contribution in [0.2, 0.25) is 0 Å². The smallest absolute Gasteiger partial charge is 0.453 e. The Kier molecular flexibility index (Phi) is 5.53. The standard InChI is InChI=1S/C9H11F5O3/c1-3-7(15)17-5-6(16-2)4-8(10,11)9(12,13)14/h3,6H,1,4-5H2,2H3. The number of hydrogen-bond acceptors (Lipinski definition) is 3. The highest BCUT2D eigenvalue weighted by atomic mass is 19.4. The minimum Gasteiger partial charge on any atom is -0.460 e. The van der Waals surface area contributed by atoms with Gasteiger partial charge in [-0.3, -0.25) is 0 Å². The van der Waals surface area contributed by atoms with Gasteiger partial charge in [0.15, 0.2) is 0 Å². The molecular formula is C9H11F5O3. The molecule has 0 aromatic carbocycles. The first-order valence-electron chi connectivity index (χ1n) is 4.40. The summed E-state index contributed by atoms with van der Waals surface area (Å²) in [6.45, 7) is 2.33. The van der Waals surface area contributed by atoms with Crippen molar-refractivity contribution < 1.29 is 36.2 Å². The van der Waals surface area contributed by atoms with Crippen molar-refractivity contribution in [2.24, 2.45) is 0 Å². The molecule has 17 heavy (non-hydrogen) atoms. The summed E-state index contributed by atoms with van der Waals surface area (Å²) in [4.78, 5) is 10.6. The van der Waals surface area contributed by atoms with E-state index >= 15 is 0 Å². The highest BCUT2D eigenvalue weighted by Gasteiger charge is 2.58. The molecule has 0 aromatic heterocycles. The lowest BCUT2D eigenvalue weighted by Crippen LogP contribution is -2.41. The van der Waals surface area contributed by atoms with Gasteiger partial charge in [-0.05, 0) is 0 Å². The van der Waals surface area contributed by atoms with Crippen LogP contribution in [-0.4, -0.2) is 37.9 Å². The van der Waals surface area contributed by atoms with Gasteiger partial charge in [-0.2, -0.15) is 22.0 Å². The van der Waals surface area contributed by atoms with Gasteiger partial charge in [0.2, 0.25) is 0 Å². The number of methoxy groups -OCH3 is 1. The van der Waals surface area contributed by atoms with Gasteiger partial charge in [0.05, 0.1) is 12.5 Å². The summed E-state index contributed by atoms with van der Waals surface area (Å²) >= 11 is 0. The molecule has 0 radical (unpaired) electrons. The Balaban J connectivity index is 4.40. The molecule has 0 saturated heterocycles. The van der Waals surface area contributed by atoms with Crippen LogP contribution in [0.1, 0.15) is 6.42 Å². The molecule has 0 fully saturated rings. The van der Waals surface area contributed by atoms with E-state index < -0.39 is 37.2 Å². The van der Waals surface area contributed by atoms with Crippen molar-refractivity contribution >= 4 is 5.97 Å². The fraction of sp³-hybridized carbons (Fsp3) is 0.667. The lowest BCUT2D eigenvalue weighted by Gasteiger charge is -2.23. The van der Waals surface area contributed by atoms with Crippen molar-refractivity contribution in [2.45, 2.75) is 24.6 Å². The summed E-state index contributed by atoms with van der Waals surface area (Å²) in [5, 5.41) is 0. The molecule has 0 N–H and O–H groups in total. The number of carbonyl (C=O) groups excluding carboxylic acids is 1. The zero-order chi connectivity index (χ0) is 13.7. The van der Waals surface area contributed by atoms with E-state index in [9.17, 15) is 26.7 Å². The van der Waals surface area contributed by atoms with Crippen LogP contribution in [-0.2, 0) is 14.3 Å². The van der Waals surface area contributed by atoms with Crippen molar-refractivity contribution in [3.63, 3.8) is 0 Å². The monoisotopic (exact) mass is 262 g/mol. The molecule has 1 atom stereocenters. The summed E-state index contributed by atoms with van der Waals surface area (Å²) in [6.07, 6.45) is -8.06. The minimum atomic E-state index is -5.66. The Hall–Kier alpha value is -1.18. The van der Waals surface area contributed by atoms with Crippen molar-refractivity contribution in [2.75, 3.05) is 13.7 Å². The molecule has 8 heteroatoms. The summed E-state index contributed by atoms with van der Waals surface area (Å²) in [7, 11) is 0.943. The molecule has 3 nitrogen and oxygen atoms in total. The SMILES string of the molecule is C=CC(=O)OCC(CC(F)(F)C(F)(F)F)OC. The van der Waals surface area contributed by atoms with Crippen LogP contribution in [0.25, 0.3) is 0 Å². The van der Waals surface area contributed by atoms with Gasteiger partial charge >= 0.3 is 18.1 Å². The lowest BCUT2D eigenvalue weighted by atomic mass is 10.1. The van der Waals surface area contributed by atoms with Crippen molar-refractivity contribution in [1.82, 2.24) is 0 Å². The van der Waals surface area contributed by atoms with E-state index in [4.69, 9.17) is 0 Å². The molecule has 0 spiro atoms. The molecule has 0 heterocycles. The average Bonchev–Trinajstić information content (AvgIpc) is 2.21. The summed E-state index contributed by atoms with van der Waals surface area (Å²) in [5.41, 5.74) is 0. The summed E-state index contributed by atoms with van der Waals surface area (Å²) < 4.78 is 69.5. The maximum Gasteiger partial charge on any atom is 0.453 e. The van der Waals surface area contributed by atoms with Crippen molar-refractivity contribution in [1.29, 1.82) is 0 Å². The predicted molar refractivity (Wildman–Crippen MR) is 47.6 cm³/mol. The Bertz CT molecular complexity index is 274. The third-order valence-electron chi connectivity index (χ3n) is 1.81. The van der Waals surface area contributed by atoms with Crippen molar-refractivity contribution in [3.05, 3.63) is 12.7 Å². The molecule has 0 amide bonds. The normalized spacial score (nSPS) is 14.2. The molecule has 0 aliphatic rings. The fourth-order valence-electron chi connectivity index (χ4n) is 0.846. The van der Waals surface area contributed by atoms with Crippen LogP contribution >= 0.6 is 0 Å². The second kappa shape index (κ2) is 5.95. The highest BCUT2D eigenvalue weighted by Crippen LogP contribution is 2.39. The topological polar surface area (TPSA) is 35.5 Å². The maximum absolute atomic E-state index is 12.6. The molecule has 0 aromatic rings. The Morgan fingerprint density at radius 3 is 2.24 bits per heavy atom. The van der Waals surface area contributed by atoms with Crippen LogP contribution in [0, 0.1) is 0 Å². The maximum atomic E-state index is 12.6. The number of rotatable bonds is 6. The number of esters is 1. The van der Waals surface area contributed by atoms with Gasteiger partial charge in [0.25, 0.3) is 0 Å². The van der Waals surface area contributed by atoms with E-state index in [2.05, 4.69) is 16.1 Å². The van der Waals surface area contributed by atoms with E-state index in [1.54, 1.807) is 0 Å². The van der Waals surface area contributed by atoms with Crippen LogP contribution in [0.4, 0.5) is 22.0 Å². The first kappa shape index (κ1) is 15.8. The third-order valence-corrected chi connectivity index (χ3v) is 1.81. The van der Waals surface area contributed by atoms with Crippen molar-refractivity contribution in [3.8, 4) is 0 Å². The number of carbonyl (C=O) groups is 1. The number of halogens is 5. The fourth-order valence-corrected chi connectivity index (χ4v) is 0.846. The first-order chi connectivity index (χ1) is 7.64. The van der Waals surface area contributed by atoms with Gasteiger partial charge in [-0.1, -0.05) is 6.58 Å².